The van der Waals surface area contributed by atoms with E-state index in [2.05, 4.69) is 25.6 Å². The number of nitrogens with one attached hydrogen (secondary N) is 2. The number of aromatic nitrogens is 3. The number of amides is 3. The van der Waals surface area contributed by atoms with Crippen LogP contribution in [0.2, 0.25) is 5.02 Å². The third kappa shape index (κ3) is 6.49. The van der Waals surface area contributed by atoms with E-state index < -0.39 is 22.8 Å². The van der Waals surface area contributed by atoms with Gasteiger partial charge in [0.15, 0.2) is 0 Å². The second-order valence-electron chi connectivity index (χ2n) is 8.93. The van der Waals surface area contributed by atoms with Gasteiger partial charge in [-0.3, -0.25) is 4.79 Å². The van der Waals surface area contributed by atoms with Crippen molar-refractivity contribution < 1.29 is 22.8 Å². The molecule has 0 unspecified atom stereocenters. The van der Waals surface area contributed by atoms with Crippen LogP contribution in [0.15, 0.2) is 36.4 Å². The lowest BCUT2D eigenvalue weighted by atomic mass is 10.0. The topological polar surface area (TPSA) is 103 Å². The van der Waals surface area contributed by atoms with Gasteiger partial charge in [-0.15, -0.1) is 0 Å². The molecule has 1 fully saturated rings. The van der Waals surface area contributed by atoms with E-state index >= 15 is 0 Å². The number of benzene rings is 2. The van der Waals surface area contributed by atoms with Crippen molar-refractivity contribution >= 4 is 40.9 Å². The van der Waals surface area contributed by atoms with Crippen LogP contribution in [0.25, 0.3) is 0 Å². The number of alkyl halides is 3. The molecular weight excluding hydrogens is 523 g/mol. The van der Waals surface area contributed by atoms with Crippen molar-refractivity contribution in [3.63, 3.8) is 0 Å². The van der Waals surface area contributed by atoms with E-state index in [9.17, 15) is 22.8 Å². The molecule has 38 heavy (non-hydrogen) atoms. The normalized spacial score (nSPS) is 14.0. The van der Waals surface area contributed by atoms with Crippen LogP contribution in [0.5, 0.6) is 0 Å². The predicted octanol–water partition coefficient (Wildman–Crippen LogP) is 4.67. The van der Waals surface area contributed by atoms with Crippen molar-refractivity contribution in [1.82, 2.24) is 19.9 Å². The van der Waals surface area contributed by atoms with Crippen LogP contribution >= 0.6 is 11.6 Å². The Hall–Kier alpha value is -3.93. The van der Waals surface area contributed by atoms with Gasteiger partial charge in [0.1, 0.15) is 11.6 Å². The molecule has 0 spiro atoms. The van der Waals surface area contributed by atoms with Crippen molar-refractivity contribution in [3.05, 3.63) is 69.8 Å². The summed E-state index contributed by atoms with van der Waals surface area (Å²) in [5.41, 5.74) is 1.10. The Morgan fingerprint density at radius 2 is 1.71 bits per heavy atom. The number of rotatable bonds is 5. The largest absolute Gasteiger partial charge is 0.417 e. The molecule has 0 radical (unpaired) electrons. The molecular formula is C25H25ClF3N7O2. The highest BCUT2D eigenvalue weighted by Gasteiger charge is 2.33. The number of piperazine rings is 1. The summed E-state index contributed by atoms with van der Waals surface area (Å²) in [7, 11) is 1.75. The minimum absolute atomic E-state index is 0.0167. The van der Waals surface area contributed by atoms with Crippen molar-refractivity contribution in [1.29, 1.82) is 0 Å². The second kappa shape index (κ2) is 10.8. The highest BCUT2D eigenvalue weighted by atomic mass is 35.5. The molecule has 2 aromatic carbocycles. The summed E-state index contributed by atoms with van der Waals surface area (Å²) in [6.45, 7) is 5.02. The van der Waals surface area contributed by atoms with Gasteiger partial charge >= 0.3 is 12.2 Å². The summed E-state index contributed by atoms with van der Waals surface area (Å²) in [5, 5.41) is 4.57. The maximum atomic E-state index is 13.1. The van der Waals surface area contributed by atoms with E-state index in [1.54, 1.807) is 31.0 Å². The van der Waals surface area contributed by atoms with E-state index in [1.807, 2.05) is 17.9 Å². The van der Waals surface area contributed by atoms with E-state index in [1.165, 1.54) is 6.07 Å². The molecule has 2 N–H and O–H groups in total. The molecule has 13 heteroatoms. The fraction of sp³-hybridized carbons (Fsp3) is 0.320. The standard InChI is InChI=1S/C25H25ClF3N7O2/c1-14-4-5-17(32-24(38)33-18-6-7-20(26)19(12-18)25(27,28)29)10-16(14)11-21-30-15(2)31-23(34-21)36-9-8-35(3)22(37)13-36/h4-7,10,12H,8-9,11,13H2,1-3H3,(H2,32,33,38). The van der Waals surface area contributed by atoms with Gasteiger partial charge in [0.05, 0.1) is 17.1 Å². The molecule has 1 saturated heterocycles. The average Bonchev–Trinajstić information content (AvgIpc) is 2.83. The van der Waals surface area contributed by atoms with Crippen LogP contribution in [-0.4, -0.2) is 58.5 Å². The minimum atomic E-state index is -4.65. The summed E-state index contributed by atoms with van der Waals surface area (Å²) in [5.74, 6) is 1.44. The van der Waals surface area contributed by atoms with Crippen molar-refractivity contribution in [2.45, 2.75) is 26.4 Å². The average molecular weight is 548 g/mol. The molecule has 0 aliphatic carbocycles. The molecule has 0 saturated carbocycles. The number of likely N-dealkylation sites (N-methyl/N-ethyl adjacent to an activating group) is 1. The van der Waals surface area contributed by atoms with Crippen molar-refractivity contribution in [2.75, 3.05) is 42.2 Å². The zero-order valence-corrected chi connectivity index (χ0v) is 21.6. The Balaban J connectivity index is 1.48. The zero-order valence-electron chi connectivity index (χ0n) is 20.9. The lowest BCUT2D eigenvalue weighted by Gasteiger charge is -2.32. The fourth-order valence-electron chi connectivity index (χ4n) is 3.90. The number of aryl methyl sites for hydroxylation is 2. The number of hydrogen-bond acceptors (Lipinski definition) is 6. The number of halogens is 4. The van der Waals surface area contributed by atoms with E-state index in [0.717, 1.165) is 23.3 Å². The second-order valence-corrected chi connectivity index (χ2v) is 9.33. The van der Waals surface area contributed by atoms with Crippen molar-refractivity contribution in [3.8, 4) is 0 Å². The third-order valence-electron chi connectivity index (χ3n) is 6.01. The zero-order chi connectivity index (χ0) is 27.6. The van der Waals surface area contributed by atoms with E-state index in [4.69, 9.17) is 11.6 Å². The molecule has 3 aromatic rings. The fourth-order valence-corrected chi connectivity index (χ4v) is 4.12. The summed E-state index contributed by atoms with van der Waals surface area (Å²) >= 11 is 5.64. The molecule has 2 heterocycles. The molecule has 1 aromatic heterocycles. The number of carbonyl (C=O) groups excluding carboxylic acids is 2. The number of carbonyl (C=O) groups is 2. The van der Waals surface area contributed by atoms with Crippen LogP contribution in [0.4, 0.5) is 35.3 Å². The number of anilines is 3. The van der Waals surface area contributed by atoms with Crippen LogP contribution < -0.4 is 15.5 Å². The summed E-state index contributed by atoms with van der Waals surface area (Å²) in [4.78, 5) is 41.5. The number of nitrogens with zero attached hydrogens (tertiary/aromatic N) is 5. The summed E-state index contributed by atoms with van der Waals surface area (Å²) in [6.07, 6.45) is -4.31. The van der Waals surface area contributed by atoms with Gasteiger partial charge in [0, 0.05) is 37.9 Å². The minimum Gasteiger partial charge on any atom is -0.342 e. The van der Waals surface area contributed by atoms with Crippen LogP contribution in [0.3, 0.4) is 0 Å². The first-order chi connectivity index (χ1) is 17.9. The summed E-state index contributed by atoms with van der Waals surface area (Å²) < 4.78 is 39.3. The Morgan fingerprint density at radius 3 is 2.39 bits per heavy atom. The van der Waals surface area contributed by atoms with Crippen molar-refractivity contribution in [2.24, 2.45) is 0 Å². The highest BCUT2D eigenvalue weighted by Crippen LogP contribution is 2.36. The van der Waals surface area contributed by atoms with Gasteiger partial charge in [-0.1, -0.05) is 17.7 Å². The lowest BCUT2D eigenvalue weighted by Crippen LogP contribution is -2.49. The van der Waals surface area contributed by atoms with Gasteiger partial charge < -0.3 is 20.4 Å². The maximum absolute atomic E-state index is 13.1. The molecule has 9 nitrogen and oxygen atoms in total. The monoisotopic (exact) mass is 547 g/mol. The third-order valence-corrected chi connectivity index (χ3v) is 6.34. The molecule has 3 amide bonds. The first-order valence-corrected chi connectivity index (χ1v) is 12.0. The van der Waals surface area contributed by atoms with E-state index in [-0.39, 0.29) is 18.1 Å². The number of hydrogen-bond donors (Lipinski definition) is 2. The Labute approximate surface area is 222 Å². The van der Waals surface area contributed by atoms with Gasteiger partial charge in [-0.2, -0.15) is 23.1 Å². The first kappa shape index (κ1) is 27.1. The van der Waals surface area contributed by atoms with E-state index in [0.29, 0.717) is 42.8 Å². The quantitative estimate of drug-likeness (QED) is 0.481. The maximum Gasteiger partial charge on any atom is 0.417 e. The van der Waals surface area contributed by atoms with Crippen LogP contribution in [0, 0.1) is 13.8 Å². The van der Waals surface area contributed by atoms with Gasteiger partial charge in [-0.05, 0) is 55.3 Å². The Kier molecular flexibility index (Phi) is 7.72. The predicted molar refractivity (Wildman–Crippen MR) is 137 cm³/mol. The van der Waals surface area contributed by atoms with Crippen LogP contribution in [0.1, 0.15) is 28.3 Å². The number of urea groups is 1. The van der Waals surface area contributed by atoms with Crippen LogP contribution in [-0.2, 0) is 17.4 Å². The molecule has 4 rings (SSSR count). The molecule has 200 valence electrons. The molecule has 1 aliphatic heterocycles. The first-order valence-electron chi connectivity index (χ1n) is 11.6. The Bertz CT molecular complexity index is 1380. The molecule has 0 bridgehead atoms. The smallest absolute Gasteiger partial charge is 0.342 e. The Morgan fingerprint density at radius 1 is 1.03 bits per heavy atom. The highest BCUT2D eigenvalue weighted by molar-refractivity contribution is 6.31. The lowest BCUT2D eigenvalue weighted by molar-refractivity contribution is -0.137. The van der Waals surface area contributed by atoms with Gasteiger partial charge in [0.25, 0.3) is 0 Å². The van der Waals surface area contributed by atoms with Gasteiger partial charge in [-0.25, -0.2) is 9.78 Å². The molecule has 0 atom stereocenters. The molecule has 1 aliphatic rings. The SMILES string of the molecule is Cc1nc(Cc2cc(NC(=O)Nc3ccc(Cl)c(C(F)(F)F)c3)ccc2C)nc(N2CCN(C)C(=O)C2)n1. The summed E-state index contributed by atoms with van der Waals surface area (Å²) in [6, 6.07) is 7.66. The van der Waals surface area contributed by atoms with Gasteiger partial charge in [0.2, 0.25) is 11.9 Å².